The molecule has 2 unspecified atom stereocenters. The van der Waals surface area contributed by atoms with Gasteiger partial charge in [0.1, 0.15) is 5.75 Å². The van der Waals surface area contributed by atoms with Gasteiger partial charge in [-0.05, 0) is 49.8 Å². The molecule has 0 spiro atoms. The van der Waals surface area contributed by atoms with Crippen molar-refractivity contribution in [2.45, 2.75) is 44.7 Å². The van der Waals surface area contributed by atoms with Gasteiger partial charge < -0.3 is 15.0 Å². The molecule has 1 fully saturated rings. The van der Waals surface area contributed by atoms with Crippen molar-refractivity contribution in [3.63, 3.8) is 0 Å². The van der Waals surface area contributed by atoms with E-state index in [0.29, 0.717) is 32.5 Å². The summed E-state index contributed by atoms with van der Waals surface area (Å²) in [6.07, 6.45) is 2.82. The van der Waals surface area contributed by atoms with Gasteiger partial charge >= 0.3 is 6.03 Å². The molecule has 2 aliphatic rings. The van der Waals surface area contributed by atoms with Crippen molar-refractivity contribution in [2.75, 3.05) is 25.4 Å². The van der Waals surface area contributed by atoms with E-state index in [1.807, 2.05) is 30.3 Å². The summed E-state index contributed by atoms with van der Waals surface area (Å²) in [5.74, 6) is 0.869. The van der Waals surface area contributed by atoms with Crippen LogP contribution in [0.5, 0.6) is 5.75 Å². The normalized spacial score (nSPS) is 22.0. The van der Waals surface area contributed by atoms with Crippen LogP contribution in [0, 0.1) is 0 Å². The number of rotatable bonds is 3. The van der Waals surface area contributed by atoms with Crippen LogP contribution < -0.4 is 14.8 Å². The second-order valence-electron chi connectivity index (χ2n) is 8.37. The quantitative estimate of drug-likeness (QED) is 0.741. The van der Waals surface area contributed by atoms with Gasteiger partial charge in [-0.2, -0.15) is 0 Å². The van der Waals surface area contributed by atoms with E-state index in [9.17, 15) is 13.2 Å². The average Bonchev–Trinajstić information content (AvgIpc) is 3.17. The topological polar surface area (TPSA) is 87.7 Å². The van der Waals surface area contributed by atoms with Gasteiger partial charge in [-0.3, -0.25) is 0 Å². The second kappa shape index (κ2) is 9.92. The van der Waals surface area contributed by atoms with E-state index in [0.717, 1.165) is 35.3 Å². The van der Waals surface area contributed by atoms with Crippen LogP contribution in [0.1, 0.15) is 31.7 Å². The molecule has 2 amide bonds. The number of benzene rings is 2. The minimum Gasteiger partial charge on any atom is -0.493 e. The van der Waals surface area contributed by atoms with Crippen LogP contribution in [0.3, 0.4) is 0 Å². The lowest BCUT2D eigenvalue weighted by atomic mass is 9.96. The van der Waals surface area contributed by atoms with Gasteiger partial charge in [0.2, 0.25) is 10.0 Å². The third-order valence-corrected chi connectivity index (χ3v) is 7.61. The van der Waals surface area contributed by atoms with Crippen LogP contribution in [0.4, 0.5) is 4.79 Å². The third kappa shape index (κ3) is 5.24. The molecule has 4 rings (SSSR count). The van der Waals surface area contributed by atoms with E-state index < -0.39 is 10.0 Å². The summed E-state index contributed by atoms with van der Waals surface area (Å²) in [5.41, 5.74) is 3.13. The molecule has 0 radical (unpaired) electrons. The molecule has 1 saturated heterocycles. The SMILES string of the molecule is CCS(=O)(=O)NC1CCN2C(=O)NCCCCOc3ccccc3-c3cccc(c3)CC12. The fourth-order valence-electron chi connectivity index (χ4n) is 4.45. The van der Waals surface area contributed by atoms with Crippen LogP contribution in [0.25, 0.3) is 11.1 Å². The summed E-state index contributed by atoms with van der Waals surface area (Å²) in [5, 5.41) is 3.00. The predicted molar refractivity (Wildman–Crippen MR) is 125 cm³/mol. The molecule has 172 valence electrons. The number of nitrogens with zero attached hydrogens (tertiary/aromatic N) is 1. The van der Waals surface area contributed by atoms with Gasteiger partial charge in [0, 0.05) is 24.7 Å². The molecule has 2 N–H and O–H groups in total. The van der Waals surface area contributed by atoms with Crippen LogP contribution in [0.15, 0.2) is 48.5 Å². The number of ether oxygens (including phenoxy) is 1. The fraction of sp³-hybridized carbons (Fsp3) is 0.458. The molecular formula is C24H31N3O4S. The molecule has 0 saturated carbocycles. The van der Waals surface area contributed by atoms with Crippen LogP contribution in [-0.4, -0.2) is 56.9 Å². The van der Waals surface area contributed by atoms with Crippen molar-refractivity contribution in [3.05, 3.63) is 54.1 Å². The number of sulfonamides is 1. The van der Waals surface area contributed by atoms with Crippen molar-refractivity contribution >= 4 is 16.1 Å². The number of nitrogens with one attached hydrogen (secondary N) is 2. The Labute approximate surface area is 190 Å². The molecule has 7 nitrogen and oxygen atoms in total. The smallest absolute Gasteiger partial charge is 0.317 e. The molecular weight excluding hydrogens is 426 g/mol. The lowest BCUT2D eigenvalue weighted by Crippen LogP contribution is -2.50. The number of hydrogen-bond donors (Lipinski definition) is 2. The van der Waals surface area contributed by atoms with Gasteiger partial charge in [-0.1, -0.05) is 42.5 Å². The molecule has 8 heteroatoms. The third-order valence-electron chi connectivity index (χ3n) is 6.19. The lowest BCUT2D eigenvalue weighted by molar-refractivity contribution is 0.188. The number of fused-ring (bicyclic) bond motifs is 5. The Bertz CT molecular complexity index is 1060. The first-order valence-corrected chi connectivity index (χ1v) is 13.0. The van der Waals surface area contributed by atoms with E-state index in [1.165, 1.54) is 0 Å². The maximum absolute atomic E-state index is 12.9. The molecule has 2 atom stereocenters. The molecule has 2 bridgehead atoms. The Morgan fingerprint density at radius 2 is 2.00 bits per heavy atom. The van der Waals surface area contributed by atoms with Crippen molar-refractivity contribution in [2.24, 2.45) is 0 Å². The zero-order valence-electron chi connectivity index (χ0n) is 18.4. The Morgan fingerprint density at radius 1 is 1.16 bits per heavy atom. The largest absolute Gasteiger partial charge is 0.493 e. The summed E-state index contributed by atoms with van der Waals surface area (Å²) < 4.78 is 33.4. The summed E-state index contributed by atoms with van der Waals surface area (Å²) >= 11 is 0. The van der Waals surface area contributed by atoms with Crippen molar-refractivity contribution in [1.29, 1.82) is 0 Å². The van der Waals surface area contributed by atoms with E-state index in [2.05, 4.69) is 28.2 Å². The van der Waals surface area contributed by atoms with Crippen LogP contribution in [0.2, 0.25) is 0 Å². The van der Waals surface area contributed by atoms with Crippen LogP contribution >= 0.6 is 0 Å². The zero-order chi connectivity index (χ0) is 22.6. The highest BCUT2D eigenvalue weighted by Gasteiger charge is 2.38. The standard InChI is InChI=1S/C24H31N3O4S/c1-2-32(29,30)26-21-12-14-27-22(21)17-18-8-7-9-19(16-18)20-10-3-4-11-23(20)31-15-6-5-13-25-24(27)28/h3-4,7-11,16,21-22,26H,2,5-6,12-15,17H2,1H3,(H,25,28). The van der Waals surface area contributed by atoms with Crippen molar-refractivity contribution < 1.29 is 17.9 Å². The number of amides is 2. The molecule has 32 heavy (non-hydrogen) atoms. The molecule has 0 aliphatic carbocycles. The van der Waals surface area contributed by atoms with E-state index in [1.54, 1.807) is 11.8 Å². The van der Waals surface area contributed by atoms with Gasteiger partial charge in [0.25, 0.3) is 0 Å². The van der Waals surface area contributed by atoms with Gasteiger partial charge in [-0.15, -0.1) is 0 Å². The number of hydrogen-bond acceptors (Lipinski definition) is 4. The molecule has 2 aliphatic heterocycles. The Hall–Kier alpha value is -2.58. The Morgan fingerprint density at radius 3 is 2.84 bits per heavy atom. The van der Waals surface area contributed by atoms with Crippen molar-refractivity contribution in [3.8, 4) is 16.9 Å². The monoisotopic (exact) mass is 457 g/mol. The Kier molecular flexibility index (Phi) is 7.01. The molecule has 2 aromatic rings. The van der Waals surface area contributed by atoms with Gasteiger partial charge in [0.15, 0.2) is 0 Å². The number of para-hydroxylation sites is 1. The first kappa shape index (κ1) is 22.6. The minimum atomic E-state index is -3.37. The minimum absolute atomic E-state index is 0.0225. The highest BCUT2D eigenvalue weighted by molar-refractivity contribution is 7.89. The van der Waals surface area contributed by atoms with E-state index in [4.69, 9.17) is 4.74 Å². The molecule has 2 aromatic carbocycles. The molecule has 0 aromatic heterocycles. The number of carbonyl (C=O) groups is 1. The van der Waals surface area contributed by atoms with Crippen molar-refractivity contribution in [1.82, 2.24) is 14.9 Å². The second-order valence-corrected chi connectivity index (χ2v) is 10.4. The Balaban J connectivity index is 1.68. The first-order chi connectivity index (χ1) is 15.5. The van der Waals surface area contributed by atoms with Crippen LogP contribution in [-0.2, 0) is 16.4 Å². The highest BCUT2D eigenvalue weighted by atomic mass is 32.2. The maximum atomic E-state index is 12.9. The zero-order valence-corrected chi connectivity index (χ0v) is 19.2. The first-order valence-electron chi connectivity index (χ1n) is 11.3. The van der Waals surface area contributed by atoms with E-state index >= 15 is 0 Å². The number of carbonyl (C=O) groups excluding carboxylic acids is 1. The fourth-order valence-corrected chi connectivity index (χ4v) is 5.36. The highest BCUT2D eigenvalue weighted by Crippen LogP contribution is 2.32. The summed E-state index contributed by atoms with van der Waals surface area (Å²) in [7, 11) is -3.37. The van der Waals surface area contributed by atoms with Gasteiger partial charge in [-0.25, -0.2) is 17.9 Å². The number of urea groups is 1. The average molecular weight is 458 g/mol. The lowest BCUT2D eigenvalue weighted by Gasteiger charge is -2.29. The van der Waals surface area contributed by atoms with Gasteiger partial charge in [0.05, 0.1) is 18.4 Å². The summed E-state index contributed by atoms with van der Waals surface area (Å²) in [4.78, 5) is 14.7. The molecule has 2 heterocycles. The maximum Gasteiger partial charge on any atom is 0.317 e. The summed E-state index contributed by atoms with van der Waals surface area (Å²) in [6, 6.07) is 15.5. The van der Waals surface area contributed by atoms with E-state index in [-0.39, 0.29) is 23.9 Å². The predicted octanol–water partition coefficient (Wildman–Crippen LogP) is 3.16. The summed E-state index contributed by atoms with van der Waals surface area (Å²) in [6.45, 7) is 3.30.